The summed E-state index contributed by atoms with van der Waals surface area (Å²) in [6.07, 6.45) is 1.49. The van der Waals surface area contributed by atoms with Crippen LogP contribution in [-0.4, -0.2) is 12.5 Å². The number of halogens is 3. The van der Waals surface area contributed by atoms with Gasteiger partial charge in [0.2, 0.25) is 0 Å². The van der Waals surface area contributed by atoms with E-state index in [1.807, 2.05) is 50.2 Å². The fourth-order valence-corrected chi connectivity index (χ4v) is 4.75. The normalized spacial score (nSPS) is 11.0. The van der Waals surface area contributed by atoms with E-state index in [2.05, 4.69) is 21.2 Å². The van der Waals surface area contributed by atoms with Crippen LogP contribution in [0.3, 0.4) is 0 Å². The van der Waals surface area contributed by atoms with Gasteiger partial charge in [-0.2, -0.15) is 5.26 Å². The molecule has 4 aromatic rings. The Hall–Kier alpha value is -3.96. The van der Waals surface area contributed by atoms with Gasteiger partial charge < -0.3 is 19.5 Å². The lowest BCUT2D eigenvalue weighted by molar-refractivity contribution is -0.112. The van der Waals surface area contributed by atoms with Crippen molar-refractivity contribution < 1.29 is 19.0 Å². The number of benzene rings is 4. The summed E-state index contributed by atoms with van der Waals surface area (Å²) in [5.41, 5.74) is 4.12. The van der Waals surface area contributed by atoms with E-state index in [0.29, 0.717) is 56.2 Å². The van der Waals surface area contributed by atoms with Gasteiger partial charge in [-0.25, -0.2) is 0 Å². The Kier molecular flexibility index (Phi) is 10.9. The summed E-state index contributed by atoms with van der Waals surface area (Å²) in [5, 5.41) is 13.4. The second-order valence-corrected chi connectivity index (χ2v) is 10.9. The fourth-order valence-electron chi connectivity index (χ4n) is 3.86. The molecule has 0 bridgehead atoms. The number of nitrogens with one attached hydrogen (secondary N) is 1. The lowest BCUT2D eigenvalue weighted by Gasteiger charge is -2.15. The van der Waals surface area contributed by atoms with Crippen LogP contribution < -0.4 is 19.5 Å². The number of ether oxygens (including phenoxy) is 3. The summed E-state index contributed by atoms with van der Waals surface area (Å²) in [7, 11) is 0. The molecule has 0 atom stereocenters. The first-order valence-corrected chi connectivity index (χ1v) is 14.5. The lowest BCUT2D eigenvalue weighted by atomic mass is 10.1. The number of anilines is 1. The van der Waals surface area contributed by atoms with Crippen LogP contribution in [-0.2, 0) is 18.0 Å². The van der Waals surface area contributed by atoms with Crippen LogP contribution in [0.4, 0.5) is 5.69 Å². The van der Waals surface area contributed by atoms with E-state index in [4.69, 9.17) is 37.4 Å². The van der Waals surface area contributed by atoms with Crippen LogP contribution >= 0.6 is 39.1 Å². The molecule has 0 fully saturated rings. The smallest absolute Gasteiger partial charge is 0.266 e. The highest BCUT2D eigenvalue weighted by atomic mass is 79.9. The molecular weight excluding hydrogens is 639 g/mol. The van der Waals surface area contributed by atoms with Gasteiger partial charge in [-0.15, -0.1) is 0 Å². The SMILES string of the molecule is CCOc1cc(/C=C(\C#N)C(=O)Nc2ccc(OCc3ccc(C)cc3)cc2)cc(Br)c1OCc1ccc(Cl)c(Cl)c1. The van der Waals surface area contributed by atoms with Crippen LogP contribution in [0.5, 0.6) is 17.2 Å². The van der Waals surface area contributed by atoms with E-state index in [1.54, 1.807) is 48.5 Å². The Bertz CT molecular complexity index is 1630. The molecule has 1 amide bonds. The molecule has 1 N–H and O–H groups in total. The number of amides is 1. The number of carbonyl (C=O) groups is 1. The van der Waals surface area contributed by atoms with E-state index in [1.165, 1.54) is 11.6 Å². The second kappa shape index (κ2) is 14.8. The quantitative estimate of drug-likeness (QED) is 0.128. The summed E-state index contributed by atoms with van der Waals surface area (Å²) in [4.78, 5) is 12.9. The number of hydrogen-bond acceptors (Lipinski definition) is 5. The summed E-state index contributed by atoms with van der Waals surface area (Å²) >= 11 is 15.7. The maximum atomic E-state index is 12.9. The van der Waals surface area contributed by atoms with Crippen molar-refractivity contribution in [2.45, 2.75) is 27.1 Å². The number of carbonyl (C=O) groups excluding carboxylic acids is 1. The minimum absolute atomic E-state index is 0.0754. The Balaban J connectivity index is 1.44. The van der Waals surface area contributed by atoms with Crippen molar-refractivity contribution >= 4 is 56.8 Å². The highest BCUT2D eigenvalue weighted by molar-refractivity contribution is 9.10. The Morgan fingerprint density at radius 1 is 0.905 bits per heavy atom. The highest BCUT2D eigenvalue weighted by Crippen LogP contribution is 2.38. The molecule has 0 aliphatic carbocycles. The molecule has 0 radical (unpaired) electrons. The van der Waals surface area contributed by atoms with Crippen LogP contribution in [0.1, 0.15) is 29.2 Å². The van der Waals surface area contributed by atoms with Gasteiger partial charge in [0.1, 0.15) is 30.6 Å². The minimum Gasteiger partial charge on any atom is -0.490 e. The molecule has 6 nitrogen and oxygen atoms in total. The van der Waals surface area contributed by atoms with Crippen LogP contribution in [0.2, 0.25) is 10.0 Å². The Morgan fingerprint density at radius 2 is 1.60 bits per heavy atom. The molecule has 0 heterocycles. The van der Waals surface area contributed by atoms with Crippen LogP contribution in [0.25, 0.3) is 6.08 Å². The average Bonchev–Trinajstić information content (AvgIpc) is 2.98. The van der Waals surface area contributed by atoms with Crippen molar-refractivity contribution in [1.29, 1.82) is 5.26 Å². The molecule has 4 aromatic carbocycles. The largest absolute Gasteiger partial charge is 0.490 e. The van der Waals surface area contributed by atoms with Crippen LogP contribution in [0.15, 0.2) is 88.9 Å². The monoisotopic (exact) mass is 664 g/mol. The van der Waals surface area contributed by atoms with Gasteiger partial charge in [0.15, 0.2) is 11.5 Å². The van der Waals surface area contributed by atoms with Gasteiger partial charge >= 0.3 is 0 Å². The zero-order chi connectivity index (χ0) is 30.1. The molecule has 4 rings (SSSR count). The van der Waals surface area contributed by atoms with Crippen molar-refractivity contribution in [3.05, 3.63) is 121 Å². The summed E-state index contributed by atoms with van der Waals surface area (Å²) in [5.74, 6) is 1.06. The molecule has 0 aromatic heterocycles. The van der Waals surface area contributed by atoms with E-state index in [-0.39, 0.29) is 12.2 Å². The number of hydrogen-bond donors (Lipinski definition) is 1. The molecule has 0 unspecified atom stereocenters. The fraction of sp³-hybridized carbons (Fsp3) is 0.152. The van der Waals surface area contributed by atoms with Crippen molar-refractivity contribution in [2.24, 2.45) is 0 Å². The highest BCUT2D eigenvalue weighted by Gasteiger charge is 2.15. The third-order valence-corrected chi connectivity index (χ3v) is 7.34. The minimum atomic E-state index is -0.542. The first kappa shape index (κ1) is 31.0. The van der Waals surface area contributed by atoms with E-state index >= 15 is 0 Å². The molecule has 9 heteroatoms. The maximum absolute atomic E-state index is 12.9. The number of nitriles is 1. The standard InChI is InChI=1S/C33H27BrCl2N2O4/c1-3-40-31-17-24(15-28(34)32(31)42-20-23-8-13-29(35)30(36)16-23)14-25(18-37)33(39)38-26-9-11-27(12-10-26)41-19-22-6-4-21(2)5-7-22/h4-17H,3,19-20H2,1-2H3,(H,38,39)/b25-14+. The predicted octanol–water partition coefficient (Wildman–Crippen LogP) is 9.17. The molecule has 42 heavy (non-hydrogen) atoms. The van der Waals surface area contributed by atoms with Crippen LogP contribution in [0, 0.1) is 18.3 Å². The van der Waals surface area contributed by atoms with Gasteiger partial charge in [-0.3, -0.25) is 4.79 Å². The topological polar surface area (TPSA) is 80.6 Å². The van der Waals surface area contributed by atoms with Crippen molar-refractivity contribution in [1.82, 2.24) is 0 Å². The molecule has 0 aliphatic rings. The number of nitrogens with zero attached hydrogens (tertiary/aromatic N) is 1. The van der Waals surface area contributed by atoms with E-state index in [0.717, 1.165) is 11.1 Å². The van der Waals surface area contributed by atoms with Gasteiger partial charge in [-0.1, -0.05) is 59.1 Å². The van der Waals surface area contributed by atoms with Gasteiger partial charge in [0.25, 0.3) is 5.91 Å². The van der Waals surface area contributed by atoms with Gasteiger partial charge in [-0.05, 0) is 101 Å². The first-order chi connectivity index (χ1) is 20.2. The van der Waals surface area contributed by atoms with Crippen molar-refractivity contribution in [3.63, 3.8) is 0 Å². The first-order valence-electron chi connectivity index (χ1n) is 13.0. The lowest BCUT2D eigenvalue weighted by Crippen LogP contribution is -2.13. The predicted molar refractivity (Wildman–Crippen MR) is 170 cm³/mol. The van der Waals surface area contributed by atoms with E-state index < -0.39 is 5.91 Å². The Morgan fingerprint density at radius 3 is 2.26 bits per heavy atom. The molecule has 0 saturated heterocycles. The maximum Gasteiger partial charge on any atom is 0.266 e. The zero-order valence-corrected chi connectivity index (χ0v) is 26.0. The Labute approximate surface area is 263 Å². The van der Waals surface area contributed by atoms with Crippen molar-refractivity contribution in [2.75, 3.05) is 11.9 Å². The summed E-state index contributed by atoms with van der Waals surface area (Å²) in [6.45, 7) is 4.94. The number of rotatable bonds is 11. The van der Waals surface area contributed by atoms with Gasteiger partial charge in [0.05, 0.1) is 21.1 Å². The summed E-state index contributed by atoms with van der Waals surface area (Å²) in [6, 6.07) is 25.8. The number of aryl methyl sites for hydroxylation is 1. The third-order valence-electron chi connectivity index (χ3n) is 6.01. The average molecular weight is 666 g/mol. The molecule has 0 aliphatic heterocycles. The van der Waals surface area contributed by atoms with Gasteiger partial charge in [0, 0.05) is 5.69 Å². The summed E-state index contributed by atoms with van der Waals surface area (Å²) < 4.78 is 18.2. The molecule has 0 spiro atoms. The molecule has 0 saturated carbocycles. The van der Waals surface area contributed by atoms with Crippen molar-refractivity contribution in [3.8, 4) is 23.3 Å². The molecular formula is C33H27BrCl2N2O4. The third kappa shape index (κ3) is 8.53. The molecule has 214 valence electrons. The second-order valence-electron chi connectivity index (χ2n) is 9.22. The zero-order valence-electron chi connectivity index (χ0n) is 22.9. The van der Waals surface area contributed by atoms with E-state index in [9.17, 15) is 10.1 Å².